The Morgan fingerprint density at radius 1 is 1.67 bits per heavy atom. The molecule has 0 aliphatic rings. The molecule has 15 heavy (non-hydrogen) atoms. The van der Waals surface area contributed by atoms with Crippen molar-refractivity contribution in [1.82, 2.24) is 5.32 Å². The van der Waals surface area contributed by atoms with E-state index in [1.807, 2.05) is 13.0 Å². The van der Waals surface area contributed by atoms with E-state index >= 15 is 0 Å². The first kappa shape index (κ1) is 11.3. The van der Waals surface area contributed by atoms with Gasteiger partial charge in [-0.25, -0.2) is 4.79 Å². The van der Waals surface area contributed by atoms with Crippen LogP contribution in [-0.2, 0) is 6.54 Å². The molecule has 0 amide bonds. The lowest BCUT2D eigenvalue weighted by Crippen LogP contribution is -2.23. The van der Waals surface area contributed by atoms with Gasteiger partial charge in [0.25, 0.3) is 0 Å². The molecule has 1 unspecified atom stereocenters. The van der Waals surface area contributed by atoms with Crippen molar-refractivity contribution in [2.75, 3.05) is 0 Å². The van der Waals surface area contributed by atoms with E-state index in [4.69, 9.17) is 11.5 Å². The average molecular weight is 203 g/mol. The molecule has 1 atom stereocenters. The van der Waals surface area contributed by atoms with Crippen LogP contribution >= 0.6 is 0 Å². The zero-order chi connectivity index (χ0) is 11.3. The second-order valence-corrected chi connectivity index (χ2v) is 3.27. The summed E-state index contributed by atoms with van der Waals surface area (Å²) in [5.41, 5.74) is 1.21. The Morgan fingerprint density at radius 2 is 2.40 bits per heavy atom. The summed E-state index contributed by atoms with van der Waals surface area (Å²) in [6, 6.07) is 6.78. The number of carbonyl (C=O) groups is 1. The molecule has 1 aromatic carbocycles. The first-order valence-electron chi connectivity index (χ1n) is 4.65. The Morgan fingerprint density at radius 3 is 3.00 bits per heavy atom. The third-order valence-electron chi connectivity index (χ3n) is 2.04. The van der Waals surface area contributed by atoms with Crippen LogP contribution < -0.4 is 5.32 Å². The summed E-state index contributed by atoms with van der Waals surface area (Å²) in [5, 5.41) is 11.9. The van der Waals surface area contributed by atoms with Crippen LogP contribution in [0.4, 0.5) is 0 Å². The number of nitrogens with one attached hydrogen (secondary N) is 1. The molecular weight excluding hydrogens is 190 g/mol. The molecule has 0 aliphatic carbocycles. The molecule has 0 aromatic heterocycles. The van der Waals surface area contributed by atoms with E-state index in [1.165, 1.54) is 0 Å². The lowest BCUT2D eigenvalue weighted by atomic mass is 10.1. The molecule has 3 nitrogen and oxygen atoms in total. The number of benzene rings is 1. The van der Waals surface area contributed by atoms with Crippen LogP contribution in [0, 0.1) is 12.3 Å². The highest BCUT2D eigenvalue weighted by molar-refractivity contribution is 5.87. The van der Waals surface area contributed by atoms with E-state index < -0.39 is 5.97 Å². The number of terminal acetylenes is 1. The van der Waals surface area contributed by atoms with Gasteiger partial charge in [0.05, 0.1) is 11.6 Å². The normalized spacial score (nSPS) is 11.7. The smallest absolute Gasteiger partial charge is 0.335 e. The quantitative estimate of drug-likeness (QED) is 0.729. The van der Waals surface area contributed by atoms with Crippen molar-refractivity contribution in [3.05, 3.63) is 35.4 Å². The maximum absolute atomic E-state index is 10.7. The number of hydrogen-bond acceptors (Lipinski definition) is 2. The highest BCUT2D eigenvalue weighted by atomic mass is 16.4. The summed E-state index contributed by atoms with van der Waals surface area (Å²) in [6.45, 7) is 2.45. The lowest BCUT2D eigenvalue weighted by Gasteiger charge is -2.07. The third kappa shape index (κ3) is 3.45. The van der Waals surface area contributed by atoms with E-state index in [9.17, 15) is 4.79 Å². The Hall–Kier alpha value is -1.79. The van der Waals surface area contributed by atoms with Crippen LogP contribution in [-0.4, -0.2) is 17.1 Å². The molecule has 0 saturated carbocycles. The lowest BCUT2D eigenvalue weighted by molar-refractivity contribution is 0.0697. The summed E-state index contributed by atoms with van der Waals surface area (Å²) in [4.78, 5) is 10.7. The largest absolute Gasteiger partial charge is 0.478 e. The zero-order valence-corrected chi connectivity index (χ0v) is 8.53. The Labute approximate surface area is 89.1 Å². The Kier molecular flexibility index (Phi) is 3.90. The molecule has 0 aliphatic heterocycles. The summed E-state index contributed by atoms with van der Waals surface area (Å²) in [7, 11) is 0. The van der Waals surface area contributed by atoms with Crippen molar-refractivity contribution in [2.24, 2.45) is 0 Å². The standard InChI is InChI=1S/C12H13NO2/c1-3-9(2)13-8-10-5-4-6-11(7-10)12(14)15/h1,4-7,9,13H,8H2,2H3,(H,14,15). The minimum Gasteiger partial charge on any atom is -0.478 e. The average Bonchev–Trinajstić information content (AvgIpc) is 2.26. The molecule has 0 bridgehead atoms. The van der Waals surface area contributed by atoms with Gasteiger partial charge in [-0.2, -0.15) is 0 Å². The van der Waals surface area contributed by atoms with Gasteiger partial charge in [-0.3, -0.25) is 5.32 Å². The van der Waals surface area contributed by atoms with Gasteiger partial charge in [0.2, 0.25) is 0 Å². The first-order chi connectivity index (χ1) is 7.13. The highest BCUT2D eigenvalue weighted by Gasteiger charge is 2.03. The second kappa shape index (κ2) is 5.18. The molecular formula is C12H13NO2. The molecule has 0 radical (unpaired) electrons. The molecule has 78 valence electrons. The topological polar surface area (TPSA) is 49.3 Å². The van der Waals surface area contributed by atoms with Crippen LogP contribution in [0.1, 0.15) is 22.8 Å². The Balaban J connectivity index is 2.67. The summed E-state index contributed by atoms with van der Waals surface area (Å²) in [5.74, 6) is 1.63. The van der Waals surface area contributed by atoms with E-state index in [0.29, 0.717) is 12.1 Å². The fraction of sp³-hybridized carbons (Fsp3) is 0.250. The fourth-order valence-corrected chi connectivity index (χ4v) is 1.14. The minimum absolute atomic E-state index is 0.0153. The van der Waals surface area contributed by atoms with Gasteiger partial charge in [-0.15, -0.1) is 6.42 Å². The number of carboxylic acids is 1. The molecule has 0 fully saturated rings. The van der Waals surface area contributed by atoms with Gasteiger partial charge < -0.3 is 5.11 Å². The first-order valence-corrected chi connectivity index (χ1v) is 4.65. The summed E-state index contributed by atoms with van der Waals surface area (Å²) >= 11 is 0. The Bertz CT molecular complexity index is 393. The third-order valence-corrected chi connectivity index (χ3v) is 2.04. The van der Waals surface area contributed by atoms with Crippen molar-refractivity contribution < 1.29 is 9.90 Å². The molecule has 0 heterocycles. The number of carboxylic acid groups (broad SMARTS) is 1. The number of hydrogen-bond donors (Lipinski definition) is 2. The van der Waals surface area contributed by atoms with Crippen LogP contribution in [0.3, 0.4) is 0 Å². The monoisotopic (exact) mass is 203 g/mol. The van der Waals surface area contributed by atoms with E-state index in [1.54, 1.807) is 18.2 Å². The predicted molar refractivity (Wildman–Crippen MR) is 58.5 cm³/mol. The SMILES string of the molecule is C#CC(C)NCc1cccc(C(=O)O)c1. The van der Waals surface area contributed by atoms with Gasteiger partial charge in [-0.05, 0) is 24.6 Å². The highest BCUT2D eigenvalue weighted by Crippen LogP contribution is 2.05. The number of rotatable bonds is 4. The van der Waals surface area contributed by atoms with Crippen molar-refractivity contribution in [2.45, 2.75) is 19.5 Å². The van der Waals surface area contributed by atoms with E-state index in [2.05, 4.69) is 11.2 Å². The van der Waals surface area contributed by atoms with Crippen LogP contribution in [0.25, 0.3) is 0 Å². The van der Waals surface area contributed by atoms with Gasteiger partial charge in [0, 0.05) is 6.54 Å². The van der Waals surface area contributed by atoms with Crippen LogP contribution in [0.2, 0.25) is 0 Å². The maximum Gasteiger partial charge on any atom is 0.335 e. The van der Waals surface area contributed by atoms with Gasteiger partial charge in [0.15, 0.2) is 0 Å². The van der Waals surface area contributed by atoms with Crippen molar-refractivity contribution >= 4 is 5.97 Å². The van der Waals surface area contributed by atoms with Crippen molar-refractivity contribution in [3.63, 3.8) is 0 Å². The van der Waals surface area contributed by atoms with Gasteiger partial charge in [0.1, 0.15) is 0 Å². The molecule has 2 N–H and O–H groups in total. The molecule has 0 saturated heterocycles. The number of aromatic carboxylic acids is 1. The van der Waals surface area contributed by atoms with E-state index in [0.717, 1.165) is 5.56 Å². The van der Waals surface area contributed by atoms with Gasteiger partial charge >= 0.3 is 5.97 Å². The molecule has 0 spiro atoms. The minimum atomic E-state index is -0.915. The van der Waals surface area contributed by atoms with Crippen molar-refractivity contribution in [1.29, 1.82) is 0 Å². The summed E-state index contributed by atoms with van der Waals surface area (Å²) in [6.07, 6.45) is 5.21. The second-order valence-electron chi connectivity index (χ2n) is 3.27. The van der Waals surface area contributed by atoms with Crippen LogP contribution in [0.15, 0.2) is 24.3 Å². The molecule has 1 aromatic rings. The molecule has 3 heteroatoms. The van der Waals surface area contributed by atoms with Gasteiger partial charge in [-0.1, -0.05) is 18.1 Å². The molecule has 1 rings (SSSR count). The van der Waals surface area contributed by atoms with Crippen LogP contribution in [0.5, 0.6) is 0 Å². The zero-order valence-electron chi connectivity index (χ0n) is 8.53. The summed E-state index contributed by atoms with van der Waals surface area (Å²) < 4.78 is 0. The fourth-order valence-electron chi connectivity index (χ4n) is 1.14. The maximum atomic E-state index is 10.7. The predicted octanol–water partition coefficient (Wildman–Crippen LogP) is 1.50. The van der Waals surface area contributed by atoms with Crippen molar-refractivity contribution in [3.8, 4) is 12.3 Å². The van der Waals surface area contributed by atoms with E-state index in [-0.39, 0.29) is 6.04 Å².